The Balaban J connectivity index is 1.36. The predicted octanol–water partition coefficient (Wildman–Crippen LogP) is 7.97. The lowest BCUT2D eigenvalue weighted by Gasteiger charge is -2.19. The molecule has 186 valence electrons. The molecular formula is C33H38N2O. The molecule has 1 atom stereocenters. The summed E-state index contributed by atoms with van der Waals surface area (Å²) in [6, 6.07) is 23.7. The van der Waals surface area contributed by atoms with E-state index in [2.05, 4.69) is 112 Å². The van der Waals surface area contributed by atoms with Crippen molar-refractivity contribution in [2.75, 3.05) is 0 Å². The van der Waals surface area contributed by atoms with Gasteiger partial charge in [-0.1, -0.05) is 69.3 Å². The smallest absolute Gasteiger partial charge is 0.251 e. The lowest BCUT2D eigenvalue weighted by Crippen LogP contribution is -2.26. The third-order valence-electron chi connectivity index (χ3n) is 7.87. The Labute approximate surface area is 215 Å². The summed E-state index contributed by atoms with van der Waals surface area (Å²) >= 11 is 0. The van der Waals surface area contributed by atoms with Crippen molar-refractivity contribution in [2.24, 2.45) is 0 Å². The minimum atomic E-state index is -0.0320. The molecule has 1 amide bonds. The van der Waals surface area contributed by atoms with E-state index in [0.717, 1.165) is 11.9 Å². The lowest BCUT2D eigenvalue weighted by molar-refractivity contribution is 0.0940. The van der Waals surface area contributed by atoms with Crippen molar-refractivity contribution in [3.8, 4) is 0 Å². The molecule has 3 aromatic carbocycles. The van der Waals surface area contributed by atoms with Crippen LogP contribution in [0.2, 0.25) is 0 Å². The minimum Gasteiger partial charge on any atom is -0.346 e. The van der Waals surface area contributed by atoms with E-state index in [1.54, 1.807) is 0 Å². The van der Waals surface area contributed by atoms with Crippen LogP contribution in [0.3, 0.4) is 0 Å². The molecule has 36 heavy (non-hydrogen) atoms. The van der Waals surface area contributed by atoms with E-state index in [1.165, 1.54) is 51.9 Å². The van der Waals surface area contributed by atoms with Crippen molar-refractivity contribution < 1.29 is 4.79 Å². The molecular weight excluding hydrogens is 440 g/mol. The van der Waals surface area contributed by atoms with Crippen LogP contribution < -0.4 is 5.32 Å². The Morgan fingerprint density at radius 1 is 1.00 bits per heavy atom. The van der Waals surface area contributed by atoms with Crippen LogP contribution in [0, 0.1) is 13.8 Å². The van der Waals surface area contributed by atoms with Crippen LogP contribution in [0.1, 0.15) is 96.4 Å². The molecule has 1 aliphatic rings. The highest BCUT2D eigenvalue weighted by molar-refractivity contribution is 5.99. The van der Waals surface area contributed by atoms with Crippen molar-refractivity contribution in [1.29, 1.82) is 0 Å². The molecule has 1 saturated carbocycles. The molecule has 3 nitrogen and oxygen atoms in total. The number of hydrogen-bond acceptors (Lipinski definition) is 1. The second-order valence-electron chi connectivity index (χ2n) is 11.6. The van der Waals surface area contributed by atoms with Gasteiger partial charge in [0.1, 0.15) is 0 Å². The average molecular weight is 479 g/mol. The number of fused-ring (bicyclic) bond motifs is 1. The summed E-state index contributed by atoms with van der Waals surface area (Å²) in [5.74, 6) is 0.686. The molecule has 5 rings (SSSR count). The molecule has 1 N–H and O–H groups in total. The monoisotopic (exact) mass is 478 g/mol. The number of rotatable bonds is 6. The molecule has 0 saturated heterocycles. The van der Waals surface area contributed by atoms with Crippen molar-refractivity contribution >= 4 is 16.8 Å². The highest BCUT2D eigenvalue weighted by atomic mass is 16.1. The van der Waals surface area contributed by atoms with Crippen LogP contribution in [0.5, 0.6) is 0 Å². The SMILES string of the molecule is Cc1c(C)n(Cc2ccc(C(C)(C)C)cc2)c2ccc(C(=O)N[C@@H](C)c3cccc(C4CC4)c3)cc12. The van der Waals surface area contributed by atoms with Gasteiger partial charge in [-0.15, -0.1) is 0 Å². The van der Waals surface area contributed by atoms with E-state index in [1.807, 2.05) is 6.07 Å². The van der Waals surface area contributed by atoms with Gasteiger partial charge in [0.25, 0.3) is 5.91 Å². The maximum absolute atomic E-state index is 13.2. The molecule has 0 radical (unpaired) electrons. The van der Waals surface area contributed by atoms with E-state index in [9.17, 15) is 4.79 Å². The van der Waals surface area contributed by atoms with Gasteiger partial charge < -0.3 is 9.88 Å². The number of amides is 1. The van der Waals surface area contributed by atoms with Gasteiger partial charge in [-0.25, -0.2) is 0 Å². The molecule has 3 heteroatoms. The molecule has 0 spiro atoms. The van der Waals surface area contributed by atoms with E-state index in [0.29, 0.717) is 11.5 Å². The maximum Gasteiger partial charge on any atom is 0.251 e. The van der Waals surface area contributed by atoms with E-state index in [-0.39, 0.29) is 17.4 Å². The fourth-order valence-electron chi connectivity index (χ4n) is 5.15. The van der Waals surface area contributed by atoms with E-state index >= 15 is 0 Å². The lowest BCUT2D eigenvalue weighted by atomic mass is 9.87. The number of carbonyl (C=O) groups excluding carboxylic acids is 1. The fourth-order valence-corrected chi connectivity index (χ4v) is 5.15. The number of benzene rings is 3. The Kier molecular flexibility index (Phi) is 6.28. The zero-order valence-corrected chi connectivity index (χ0v) is 22.5. The third kappa shape index (κ3) is 4.84. The van der Waals surface area contributed by atoms with Gasteiger partial charge in [0.05, 0.1) is 6.04 Å². The fraction of sp³-hybridized carbons (Fsp3) is 0.364. The second-order valence-corrected chi connectivity index (χ2v) is 11.6. The van der Waals surface area contributed by atoms with Crippen LogP contribution >= 0.6 is 0 Å². The Hall–Kier alpha value is -3.33. The number of nitrogens with one attached hydrogen (secondary N) is 1. The van der Waals surface area contributed by atoms with Gasteiger partial charge in [-0.05, 0) is 91.0 Å². The van der Waals surface area contributed by atoms with Crippen molar-refractivity contribution in [3.05, 3.63) is 106 Å². The first-order valence-corrected chi connectivity index (χ1v) is 13.2. The molecule has 0 aliphatic heterocycles. The molecule has 4 aromatic rings. The third-order valence-corrected chi connectivity index (χ3v) is 7.87. The Morgan fingerprint density at radius 2 is 1.72 bits per heavy atom. The van der Waals surface area contributed by atoms with Crippen LogP contribution in [0.25, 0.3) is 10.9 Å². The van der Waals surface area contributed by atoms with Crippen LogP contribution in [0.15, 0.2) is 66.7 Å². The number of carbonyl (C=O) groups is 1. The van der Waals surface area contributed by atoms with E-state index < -0.39 is 0 Å². The molecule has 0 bridgehead atoms. The Bertz CT molecular complexity index is 1410. The summed E-state index contributed by atoms with van der Waals surface area (Å²) in [6.45, 7) is 14.0. The molecule has 1 fully saturated rings. The average Bonchev–Trinajstić information content (AvgIpc) is 3.68. The zero-order valence-electron chi connectivity index (χ0n) is 22.5. The number of aryl methyl sites for hydroxylation is 1. The zero-order chi connectivity index (χ0) is 25.6. The highest BCUT2D eigenvalue weighted by Crippen LogP contribution is 2.40. The standard InChI is InChI=1S/C33H38N2O/c1-21-23(3)35(20-24-10-15-29(16-11-24)33(4,5)6)31-17-14-28(19-30(21)31)32(36)34-22(2)26-8-7-9-27(18-26)25-12-13-25/h7-11,14-19,22,25H,12-13,20H2,1-6H3,(H,34,36)/t22-/m0/s1. The largest absolute Gasteiger partial charge is 0.346 e. The summed E-state index contributed by atoms with van der Waals surface area (Å²) in [6.07, 6.45) is 2.57. The van der Waals surface area contributed by atoms with Gasteiger partial charge in [0.2, 0.25) is 0 Å². The predicted molar refractivity (Wildman–Crippen MR) is 150 cm³/mol. The summed E-state index contributed by atoms with van der Waals surface area (Å²) < 4.78 is 2.37. The molecule has 1 aromatic heterocycles. The van der Waals surface area contributed by atoms with Crippen LogP contribution in [0.4, 0.5) is 0 Å². The highest BCUT2D eigenvalue weighted by Gasteiger charge is 2.24. The van der Waals surface area contributed by atoms with E-state index in [4.69, 9.17) is 0 Å². The summed E-state index contributed by atoms with van der Waals surface area (Å²) in [4.78, 5) is 13.2. The summed E-state index contributed by atoms with van der Waals surface area (Å²) in [5.41, 5.74) is 9.71. The number of nitrogens with zero attached hydrogens (tertiary/aromatic N) is 1. The first-order chi connectivity index (χ1) is 17.1. The quantitative estimate of drug-likeness (QED) is 0.299. The van der Waals surface area contributed by atoms with Crippen molar-refractivity contribution in [3.63, 3.8) is 0 Å². The van der Waals surface area contributed by atoms with Gasteiger partial charge in [0, 0.05) is 28.7 Å². The normalized spacial score (nSPS) is 14.7. The van der Waals surface area contributed by atoms with Gasteiger partial charge in [-0.2, -0.15) is 0 Å². The van der Waals surface area contributed by atoms with Crippen LogP contribution in [-0.2, 0) is 12.0 Å². The molecule has 0 unspecified atom stereocenters. The Morgan fingerprint density at radius 3 is 2.39 bits per heavy atom. The number of hydrogen-bond donors (Lipinski definition) is 1. The molecule has 1 aliphatic carbocycles. The first-order valence-electron chi connectivity index (χ1n) is 13.2. The molecule has 1 heterocycles. The van der Waals surface area contributed by atoms with Gasteiger partial charge >= 0.3 is 0 Å². The topological polar surface area (TPSA) is 34.0 Å². The van der Waals surface area contributed by atoms with Crippen molar-refractivity contribution in [2.45, 2.75) is 78.3 Å². The second kappa shape index (κ2) is 9.28. The van der Waals surface area contributed by atoms with Gasteiger partial charge in [0.15, 0.2) is 0 Å². The van der Waals surface area contributed by atoms with Gasteiger partial charge in [-0.3, -0.25) is 4.79 Å². The summed E-state index contributed by atoms with van der Waals surface area (Å²) in [7, 11) is 0. The van der Waals surface area contributed by atoms with Crippen molar-refractivity contribution in [1.82, 2.24) is 9.88 Å². The summed E-state index contributed by atoms with van der Waals surface area (Å²) in [5, 5.41) is 4.36. The van der Waals surface area contributed by atoms with Crippen LogP contribution in [-0.4, -0.2) is 10.5 Å². The minimum absolute atomic E-state index is 0.0243. The first kappa shape index (κ1) is 24.4. The maximum atomic E-state index is 13.2. The number of aromatic nitrogens is 1.